The number of alkyl carbamates (subject to hydrolysis) is 1. The highest BCUT2D eigenvalue weighted by Gasteiger charge is 2.15. The highest BCUT2D eigenvalue weighted by Crippen LogP contribution is 2.06. The Morgan fingerprint density at radius 3 is 2.38 bits per heavy atom. The lowest BCUT2D eigenvalue weighted by Crippen LogP contribution is -2.36. The molecule has 0 spiro atoms. The number of methoxy groups -OCH3 is 1. The van der Waals surface area contributed by atoms with Crippen LogP contribution in [0.25, 0.3) is 0 Å². The molecule has 6 nitrogen and oxygen atoms in total. The third-order valence-electron chi connectivity index (χ3n) is 2.43. The van der Waals surface area contributed by atoms with Crippen molar-refractivity contribution in [3.8, 4) is 0 Å². The molecular formula is C15H32N2O4. The summed E-state index contributed by atoms with van der Waals surface area (Å²) in [5.41, 5.74) is 2.55. The van der Waals surface area contributed by atoms with Crippen LogP contribution in [-0.2, 0) is 14.3 Å². The predicted molar refractivity (Wildman–Crippen MR) is 83.1 cm³/mol. The fourth-order valence-corrected chi connectivity index (χ4v) is 1.56. The summed E-state index contributed by atoms with van der Waals surface area (Å²) in [6.45, 7) is 11.5. The van der Waals surface area contributed by atoms with E-state index in [9.17, 15) is 4.79 Å². The molecule has 0 rings (SSSR count). The Morgan fingerprint density at radius 2 is 1.86 bits per heavy atom. The Labute approximate surface area is 128 Å². The number of amides is 1. The van der Waals surface area contributed by atoms with Gasteiger partial charge in [0.2, 0.25) is 0 Å². The molecule has 0 aliphatic carbocycles. The first-order chi connectivity index (χ1) is 9.74. The van der Waals surface area contributed by atoms with Gasteiger partial charge in [-0.25, -0.2) is 4.79 Å². The van der Waals surface area contributed by atoms with Crippen LogP contribution in [0.15, 0.2) is 0 Å². The van der Waals surface area contributed by atoms with Crippen molar-refractivity contribution in [3.05, 3.63) is 0 Å². The molecule has 1 atom stereocenters. The van der Waals surface area contributed by atoms with E-state index in [1.807, 2.05) is 20.8 Å². The summed E-state index contributed by atoms with van der Waals surface area (Å²) in [5.74, 6) is 0.481. The van der Waals surface area contributed by atoms with Crippen molar-refractivity contribution in [1.29, 1.82) is 0 Å². The molecule has 0 saturated heterocycles. The Bertz CT molecular complexity index is 277. The maximum absolute atomic E-state index is 11.5. The summed E-state index contributed by atoms with van der Waals surface area (Å²) >= 11 is 0. The molecule has 0 aliphatic heterocycles. The number of hydroxylamine groups is 1. The van der Waals surface area contributed by atoms with Crippen LogP contribution >= 0.6 is 0 Å². The van der Waals surface area contributed by atoms with E-state index in [-0.39, 0.29) is 12.1 Å². The third kappa shape index (κ3) is 13.9. The van der Waals surface area contributed by atoms with Gasteiger partial charge in [-0.15, -0.1) is 0 Å². The summed E-state index contributed by atoms with van der Waals surface area (Å²) in [4.78, 5) is 16.9. The molecule has 0 aromatic heterocycles. The van der Waals surface area contributed by atoms with Gasteiger partial charge >= 0.3 is 6.09 Å². The predicted octanol–water partition coefficient (Wildman–Crippen LogP) is 2.48. The fourth-order valence-electron chi connectivity index (χ4n) is 1.56. The number of hydrogen-bond acceptors (Lipinski definition) is 5. The SMILES string of the molecule is COCC(CCCNC(=O)OC(C)(C)C)NOCC(C)C. The molecule has 0 heterocycles. The molecule has 6 heteroatoms. The highest BCUT2D eigenvalue weighted by molar-refractivity contribution is 5.67. The first kappa shape index (κ1) is 20.1. The zero-order chi connectivity index (χ0) is 16.3. The maximum atomic E-state index is 11.5. The van der Waals surface area contributed by atoms with E-state index in [1.54, 1.807) is 7.11 Å². The lowest BCUT2D eigenvalue weighted by molar-refractivity contribution is -0.0192. The molecule has 2 N–H and O–H groups in total. The summed E-state index contributed by atoms with van der Waals surface area (Å²) < 4.78 is 10.3. The molecule has 126 valence electrons. The summed E-state index contributed by atoms with van der Waals surface area (Å²) in [6, 6.07) is 0.120. The molecule has 0 bridgehead atoms. The second-order valence-electron chi connectivity index (χ2n) is 6.55. The molecule has 1 amide bonds. The Kier molecular flexibility index (Phi) is 10.4. The van der Waals surface area contributed by atoms with Gasteiger partial charge in [-0.05, 0) is 39.5 Å². The lowest BCUT2D eigenvalue weighted by Gasteiger charge is -2.20. The smallest absolute Gasteiger partial charge is 0.407 e. The second kappa shape index (κ2) is 10.8. The van der Waals surface area contributed by atoms with Gasteiger partial charge in [0.1, 0.15) is 5.60 Å². The van der Waals surface area contributed by atoms with Crippen molar-refractivity contribution in [1.82, 2.24) is 10.8 Å². The first-order valence-corrected chi connectivity index (χ1v) is 7.57. The minimum atomic E-state index is -0.463. The molecule has 21 heavy (non-hydrogen) atoms. The molecule has 0 aromatic rings. The quantitative estimate of drug-likeness (QED) is 0.479. The average molecular weight is 304 g/mol. The number of carbonyl (C=O) groups excluding carboxylic acids is 1. The van der Waals surface area contributed by atoms with Crippen molar-refractivity contribution in [2.45, 2.75) is 59.1 Å². The minimum absolute atomic E-state index is 0.120. The topological polar surface area (TPSA) is 68.8 Å². The Hall–Kier alpha value is -0.850. The molecule has 0 fully saturated rings. The monoisotopic (exact) mass is 304 g/mol. The summed E-state index contributed by atoms with van der Waals surface area (Å²) in [6.07, 6.45) is 1.29. The van der Waals surface area contributed by atoms with E-state index < -0.39 is 5.60 Å². The Morgan fingerprint density at radius 1 is 1.19 bits per heavy atom. The van der Waals surface area contributed by atoms with Gasteiger partial charge in [-0.3, -0.25) is 0 Å². The van der Waals surface area contributed by atoms with E-state index >= 15 is 0 Å². The van der Waals surface area contributed by atoms with Crippen LogP contribution in [0, 0.1) is 5.92 Å². The van der Waals surface area contributed by atoms with E-state index in [0.29, 0.717) is 25.7 Å². The van der Waals surface area contributed by atoms with Crippen molar-refractivity contribution in [2.24, 2.45) is 5.92 Å². The molecule has 0 aliphatic rings. The van der Waals surface area contributed by atoms with Crippen LogP contribution in [0.4, 0.5) is 4.79 Å². The zero-order valence-electron chi connectivity index (χ0n) is 14.3. The first-order valence-electron chi connectivity index (χ1n) is 7.57. The van der Waals surface area contributed by atoms with E-state index in [1.165, 1.54) is 0 Å². The van der Waals surface area contributed by atoms with Gasteiger partial charge in [0, 0.05) is 13.7 Å². The molecule has 0 aromatic carbocycles. The highest BCUT2D eigenvalue weighted by atomic mass is 16.6. The van der Waals surface area contributed by atoms with Gasteiger partial charge in [-0.2, -0.15) is 5.48 Å². The van der Waals surface area contributed by atoms with Gasteiger partial charge in [-0.1, -0.05) is 13.8 Å². The summed E-state index contributed by atoms with van der Waals surface area (Å²) in [7, 11) is 1.66. The molecule has 1 unspecified atom stereocenters. The van der Waals surface area contributed by atoms with Crippen LogP contribution in [0.3, 0.4) is 0 Å². The van der Waals surface area contributed by atoms with Crippen LogP contribution in [0.1, 0.15) is 47.5 Å². The summed E-state index contributed by atoms with van der Waals surface area (Å²) in [5, 5.41) is 2.74. The van der Waals surface area contributed by atoms with Crippen molar-refractivity contribution in [3.63, 3.8) is 0 Å². The zero-order valence-corrected chi connectivity index (χ0v) is 14.3. The van der Waals surface area contributed by atoms with Gasteiger partial charge in [0.15, 0.2) is 0 Å². The largest absolute Gasteiger partial charge is 0.444 e. The molecular weight excluding hydrogens is 272 g/mol. The van der Waals surface area contributed by atoms with E-state index in [4.69, 9.17) is 14.3 Å². The number of carbonyl (C=O) groups is 1. The number of nitrogens with one attached hydrogen (secondary N) is 2. The standard InChI is InChI=1S/C15H32N2O4/c1-12(2)10-20-17-13(11-19-6)8-7-9-16-14(18)21-15(3,4)5/h12-13,17H,7-11H2,1-6H3,(H,16,18). The normalized spacial score (nSPS) is 13.3. The van der Waals surface area contributed by atoms with Crippen LogP contribution in [0.2, 0.25) is 0 Å². The van der Waals surface area contributed by atoms with E-state index in [2.05, 4.69) is 24.6 Å². The minimum Gasteiger partial charge on any atom is -0.444 e. The second-order valence-corrected chi connectivity index (χ2v) is 6.55. The molecule has 0 saturated carbocycles. The lowest BCUT2D eigenvalue weighted by atomic mass is 10.2. The van der Waals surface area contributed by atoms with Crippen molar-refractivity contribution >= 4 is 6.09 Å². The van der Waals surface area contributed by atoms with Crippen molar-refractivity contribution < 1.29 is 19.1 Å². The number of hydrogen-bond donors (Lipinski definition) is 2. The maximum Gasteiger partial charge on any atom is 0.407 e. The fraction of sp³-hybridized carbons (Fsp3) is 0.933. The van der Waals surface area contributed by atoms with E-state index in [0.717, 1.165) is 12.8 Å². The number of rotatable bonds is 10. The average Bonchev–Trinajstić information content (AvgIpc) is 2.31. The van der Waals surface area contributed by atoms with Gasteiger partial charge < -0.3 is 19.6 Å². The third-order valence-corrected chi connectivity index (χ3v) is 2.43. The van der Waals surface area contributed by atoms with Gasteiger partial charge in [0.25, 0.3) is 0 Å². The van der Waals surface area contributed by atoms with Crippen LogP contribution < -0.4 is 10.8 Å². The molecule has 0 radical (unpaired) electrons. The van der Waals surface area contributed by atoms with Crippen LogP contribution in [-0.4, -0.2) is 44.6 Å². The van der Waals surface area contributed by atoms with Crippen molar-refractivity contribution in [2.75, 3.05) is 26.9 Å². The van der Waals surface area contributed by atoms with Crippen LogP contribution in [0.5, 0.6) is 0 Å². The van der Waals surface area contributed by atoms with Gasteiger partial charge in [0.05, 0.1) is 19.3 Å². The Balaban J connectivity index is 3.80. The number of ether oxygens (including phenoxy) is 2.